The van der Waals surface area contributed by atoms with Crippen LogP contribution in [0.15, 0.2) is 18.3 Å². The second-order valence-electron chi connectivity index (χ2n) is 5.20. The zero-order chi connectivity index (χ0) is 15.6. The zero-order valence-electron chi connectivity index (χ0n) is 12.1. The number of aryl methyl sites for hydroxylation is 1. The van der Waals surface area contributed by atoms with Crippen molar-refractivity contribution in [3.63, 3.8) is 0 Å². The van der Waals surface area contributed by atoms with E-state index in [0.29, 0.717) is 12.1 Å². The average Bonchev–Trinajstić information content (AvgIpc) is 2.91. The van der Waals surface area contributed by atoms with Gasteiger partial charge in [-0.1, -0.05) is 0 Å². The van der Waals surface area contributed by atoms with E-state index in [4.69, 9.17) is 0 Å². The lowest BCUT2D eigenvalue weighted by Gasteiger charge is -2.36. The quantitative estimate of drug-likeness (QED) is 0.825. The van der Waals surface area contributed by atoms with Gasteiger partial charge in [0.05, 0.1) is 5.92 Å². The minimum Gasteiger partial charge on any atom is -0.480 e. The first-order valence-corrected chi connectivity index (χ1v) is 6.82. The molecule has 0 spiro atoms. The van der Waals surface area contributed by atoms with Gasteiger partial charge in [-0.15, -0.1) is 0 Å². The Labute approximate surface area is 122 Å². The maximum absolute atomic E-state index is 12.6. The van der Waals surface area contributed by atoms with Crippen LogP contribution in [0.4, 0.5) is 0 Å². The first kappa shape index (κ1) is 15.1. The van der Waals surface area contributed by atoms with Gasteiger partial charge in [0.25, 0.3) is 5.91 Å². The van der Waals surface area contributed by atoms with Crippen LogP contribution >= 0.6 is 0 Å². The Morgan fingerprint density at radius 1 is 1.33 bits per heavy atom. The van der Waals surface area contributed by atoms with Crippen LogP contribution in [0.5, 0.6) is 0 Å². The second kappa shape index (κ2) is 5.99. The number of rotatable bonds is 3. The third-order valence-electron chi connectivity index (χ3n) is 3.91. The Hall–Kier alpha value is -2.31. The van der Waals surface area contributed by atoms with Crippen LogP contribution in [0.3, 0.4) is 0 Å². The number of carboxylic acids is 1. The number of hydrogen-bond donors (Lipinski definition) is 2. The summed E-state index contributed by atoms with van der Waals surface area (Å²) in [6, 6.07) is 2.49. The van der Waals surface area contributed by atoms with E-state index in [9.17, 15) is 19.5 Å². The van der Waals surface area contributed by atoms with Gasteiger partial charge in [0, 0.05) is 26.8 Å². The summed E-state index contributed by atoms with van der Waals surface area (Å²) in [6.07, 6.45) is 2.47. The standard InChI is InChI=1S/C14H19N3O4/c1-15-12(18)9-5-6-11(14(20)21)17(8-9)13(19)10-4-3-7-16(10)2/h3-4,7,9,11H,5-6,8H2,1-2H3,(H,15,18)(H,20,21)/t9-,11-/m0/s1. The Kier molecular flexibility index (Phi) is 4.30. The Morgan fingerprint density at radius 3 is 2.57 bits per heavy atom. The predicted octanol–water partition coefficient (Wildman–Crippen LogP) is 0.0765. The number of nitrogens with zero attached hydrogens (tertiary/aromatic N) is 2. The highest BCUT2D eigenvalue weighted by atomic mass is 16.4. The largest absolute Gasteiger partial charge is 0.480 e. The summed E-state index contributed by atoms with van der Waals surface area (Å²) < 4.78 is 1.64. The molecule has 1 fully saturated rings. The van der Waals surface area contributed by atoms with Gasteiger partial charge in [0.1, 0.15) is 11.7 Å². The molecule has 7 nitrogen and oxygen atoms in total. The number of piperidine rings is 1. The molecule has 0 bridgehead atoms. The molecule has 114 valence electrons. The minimum absolute atomic E-state index is 0.126. The third-order valence-corrected chi connectivity index (χ3v) is 3.91. The van der Waals surface area contributed by atoms with Crippen LogP contribution in [0.2, 0.25) is 0 Å². The lowest BCUT2D eigenvalue weighted by molar-refractivity contribution is -0.145. The van der Waals surface area contributed by atoms with Gasteiger partial charge in [-0.25, -0.2) is 4.79 Å². The molecule has 2 rings (SSSR count). The molecule has 2 amide bonds. The molecule has 0 unspecified atom stereocenters. The number of carboxylic acid groups (broad SMARTS) is 1. The van der Waals surface area contributed by atoms with Gasteiger partial charge in [-0.05, 0) is 25.0 Å². The van der Waals surface area contributed by atoms with Crippen molar-refractivity contribution in [3.05, 3.63) is 24.0 Å². The van der Waals surface area contributed by atoms with E-state index in [1.807, 2.05) is 0 Å². The molecule has 1 aliphatic heterocycles. The number of carbonyl (C=O) groups excluding carboxylic acids is 2. The molecule has 0 aromatic carbocycles. The molecule has 1 saturated heterocycles. The monoisotopic (exact) mass is 293 g/mol. The molecule has 0 radical (unpaired) electrons. The molecule has 21 heavy (non-hydrogen) atoms. The van der Waals surface area contributed by atoms with E-state index >= 15 is 0 Å². The van der Waals surface area contributed by atoms with E-state index < -0.39 is 12.0 Å². The van der Waals surface area contributed by atoms with E-state index in [1.165, 1.54) is 11.9 Å². The average molecular weight is 293 g/mol. The molecule has 2 heterocycles. The van der Waals surface area contributed by atoms with Crippen molar-refractivity contribution < 1.29 is 19.5 Å². The Bertz CT molecular complexity index is 566. The Balaban J connectivity index is 2.26. The summed E-state index contributed by atoms with van der Waals surface area (Å²) in [5.74, 6) is -1.92. The minimum atomic E-state index is -1.03. The number of carbonyl (C=O) groups is 3. The van der Waals surface area contributed by atoms with Crippen molar-refractivity contribution in [2.24, 2.45) is 13.0 Å². The summed E-state index contributed by atoms with van der Waals surface area (Å²) in [6.45, 7) is 0.126. The molecule has 1 aromatic rings. The first-order valence-electron chi connectivity index (χ1n) is 6.82. The number of hydrogen-bond acceptors (Lipinski definition) is 3. The fraction of sp³-hybridized carbons (Fsp3) is 0.500. The normalized spacial score (nSPS) is 21.9. The van der Waals surface area contributed by atoms with E-state index in [2.05, 4.69) is 5.32 Å². The molecule has 0 aliphatic carbocycles. The van der Waals surface area contributed by atoms with Crippen molar-refractivity contribution in [2.75, 3.05) is 13.6 Å². The van der Waals surface area contributed by atoms with E-state index in [1.54, 1.807) is 29.9 Å². The van der Waals surface area contributed by atoms with Gasteiger partial charge in [0.2, 0.25) is 5.91 Å². The van der Waals surface area contributed by atoms with Gasteiger partial charge in [0.15, 0.2) is 0 Å². The van der Waals surface area contributed by atoms with Crippen molar-refractivity contribution in [1.82, 2.24) is 14.8 Å². The van der Waals surface area contributed by atoms with Crippen LogP contribution < -0.4 is 5.32 Å². The summed E-state index contributed by atoms with van der Waals surface area (Å²) in [4.78, 5) is 37.0. The van der Waals surface area contributed by atoms with Gasteiger partial charge >= 0.3 is 5.97 Å². The first-order chi connectivity index (χ1) is 9.95. The maximum Gasteiger partial charge on any atom is 0.326 e. The summed E-state index contributed by atoms with van der Waals surface area (Å²) in [5.41, 5.74) is 0.416. The summed E-state index contributed by atoms with van der Waals surface area (Å²) in [5, 5.41) is 11.9. The van der Waals surface area contributed by atoms with Crippen LogP contribution in [0, 0.1) is 5.92 Å². The number of nitrogens with one attached hydrogen (secondary N) is 1. The van der Waals surface area contributed by atoms with Gasteiger partial charge < -0.3 is 19.9 Å². The van der Waals surface area contributed by atoms with Gasteiger partial charge in [-0.3, -0.25) is 9.59 Å². The van der Waals surface area contributed by atoms with Gasteiger partial charge in [-0.2, -0.15) is 0 Å². The molecular formula is C14H19N3O4. The van der Waals surface area contributed by atoms with Crippen LogP contribution in [0.25, 0.3) is 0 Å². The second-order valence-corrected chi connectivity index (χ2v) is 5.20. The molecule has 7 heteroatoms. The topological polar surface area (TPSA) is 91.6 Å². The molecular weight excluding hydrogens is 274 g/mol. The maximum atomic E-state index is 12.6. The number of likely N-dealkylation sites (tertiary alicyclic amines) is 1. The molecule has 0 saturated carbocycles. The molecule has 2 N–H and O–H groups in total. The highest BCUT2D eigenvalue weighted by Gasteiger charge is 2.38. The van der Waals surface area contributed by atoms with Crippen molar-refractivity contribution >= 4 is 17.8 Å². The highest BCUT2D eigenvalue weighted by molar-refractivity contribution is 5.96. The number of aromatic nitrogens is 1. The summed E-state index contributed by atoms with van der Waals surface area (Å²) >= 11 is 0. The van der Waals surface area contributed by atoms with E-state index in [0.717, 1.165) is 0 Å². The predicted molar refractivity (Wildman–Crippen MR) is 74.7 cm³/mol. The fourth-order valence-electron chi connectivity index (χ4n) is 2.70. The van der Waals surface area contributed by atoms with Crippen molar-refractivity contribution in [2.45, 2.75) is 18.9 Å². The van der Waals surface area contributed by atoms with E-state index in [-0.39, 0.29) is 30.7 Å². The number of aliphatic carboxylic acids is 1. The van der Waals surface area contributed by atoms with Crippen LogP contribution in [-0.2, 0) is 16.6 Å². The smallest absolute Gasteiger partial charge is 0.326 e. The SMILES string of the molecule is CNC(=O)[C@H]1CC[C@@H](C(=O)O)N(C(=O)c2cccn2C)C1. The zero-order valence-corrected chi connectivity index (χ0v) is 12.1. The molecule has 1 aliphatic rings. The van der Waals surface area contributed by atoms with Crippen LogP contribution in [-0.4, -0.2) is 52.0 Å². The van der Waals surface area contributed by atoms with Crippen molar-refractivity contribution in [3.8, 4) is 0 Å². The third kappa shape index (κ3) is 2.91. The number of amides is 2. The Morgan fingerprint density at radius 2 is 2.05 bits per heavy atom. The lowest BCUT2D eigenvalue weighted by Crippen LogP contribution is -2.53. The van der Waals surface area contributed by atoms with Crippen LogP contribution in [0.1, 0.15) is 23.3 Å². The highest BCUT2D eigenvalue weighted by Crippen LogP contribution is 2.24. The molecule has 2 atom stereocenters. The molecule has 1 aromatic heterocycles. The summed E-state index contributed by atoms with van der Waals surface area (Å²) in [7, 11) is 3.26. The van der Waals surface area contributed by atoms with Crippen molar-refractivity contribution in [1.29, 1.82) is 0 Å². The fourth-order valence-corrected chi connectivity index (χ4v) is 2.70. The lowest BCUT2D eigenvalue weighted by atomic mass is 9.91.